The predicted molar refractivity (Wildman–Crippen MR) is 76.5 cm³/mol. The van der Waals surface area contributed by atoms with Gasteiger partial charge in [0, 0.05) is 18.8 Å². The molecule has 1 rings (SSSR count). The number of carbonyl (C=O) groups excluding carboxylic acids is 1. The van der Waals surface area contributed by atoms with Crippen LogP contribution in [0.25, 0.3) is 0 Å². The summed E-state index contributed by atoms with van der Waals surface area (Å²) < 4.78 is 0. The number of hydrogen-bond acceptors (Lipinski definition) is 2. The van der Waals surface area contributed by atoms with Gasteiger partial charge in [-0.15, -0.1) is 0 Å². The van der Waals surface area contributed by atoms with Gasteiger partial charge in [0.25, 0.3) is 0 Å². The van der Waals surface area contributed by atoms with Crippen LogP contribution in [0.15, 0.2) is 30.3 Å². The SMILES string of the molecule is CCN(C(=O)C(CN)CC(C)C)c1ccccc1. The molecule has 1 amide bonds. The smallest absolute Gasteiger partial charge is 0.231 e. The van der Waals surface area contributed by atoms with Gasteiger partial charge in [-0.25, -0.2) is 0 Å². The van der Waals surface area contributed by atoms with Gasteiger partial charge >= 0.3 is 0 Å². The standard InChI is InChI=1S/C15H24N2O/c1-4-17(14-8-6-5-7-9-14)15(18)13(11-16)10-12(2)3/h5-9,12-13H,4,10-11,16H2,1-3H3. The van der Waals surface area contributed by atoms with E-state index in [0.29, 0.717) is 19.0 Å². The van der Waals surface area contributed by atoms with Gasteiger partial charge in [-0.05, 0) is 31.4 Å². The van der Waals surface area contributed by atoms with Crippen LogP contribution in [-0.4, -0.2) is 19.0 Å². The summed E-state index contributed by atoms with van der Waals surface area (Å²) in [6.07, 6.45) is 0.846. The van der Waals surface area contributed by atoms with Crippen molar-refractivity contribution in [2.24, 2.45) is 17.6 Å². The van der Waals surface area contributed by atoms with Crippen LogP contribution in [0.2, 0.25) is 0 Å². The minimum atomic E-state index is -0.0786. The van der Waals surface area contributed by atoms with Gasteiger partial charge in [0.05, 0.1) is 5.92 Å². The van der Waals surface area contributed by atoms with E-state index in [0.717, 1.165) is 12.1 Å². The molecule has 1 atom stereocenters. The van der Waals surface area contributed by atoms with E-state index < -0.39 is 0 Å². The third-order valence-electron chi connectivity index (χ3n) is 3.04. The van der Waals surface area contributed by atoms with Crippen molar-refractivity contribution in [3.05, 3.63) is 30.3 Å². The number of benzene rings is 1. The van der Waals surface area contributed by atoms with Crippen LogP contribution in [-0.2, 0) is 4.79 Å². The molecule has 0 bridgehead atoms. The maximum absolute atomic E-state index is 12.5. The molecule has 1 aromatic carbocycles. The average molecular weight is 248 g/mol. The fourth-order valence-corrected chi connectivity index (χ4v) is 2.16. The van der Waals surface area contributed by atoms with Gasteiger partial charge in [-0.3, -0.25) is 4.79 Å². The topological polar surface area (TPSA) is 46.3 Å². The van der Waals surface area contributed by atoms with Gasteiger partial charge in [0.2, 0.25) is 5.91 Å². The highest BCUT2D eigenvalue weighted by molar-refractivity contribution is 5.95. The molecular weight excluding hydrogens is 224 g/mol. The summed E-state index contributed by atoms with van der Waals surface area (Å²) in [7, 11) is 0. The van der Waals surface area contributed by atoms with Crippen molar-refractivity contribution >= 4 is 11.6 Å². The first kappa shape index (κ1) is 14.7. The number of nitrogens with two attached hydrogens (primary N) is 1. The molecule has 1 aromatic rings. The van der Waals surface area contributed by atoms with Crippen LogP contribution < -0.4 is 10.6 Å². The summed E-state index contributed by atoms with van der Waals surface area (Å²) >= 11 is 0. The van der Waals surface area contributed by atoms with Gasteiger partial charge in [-0.2, -0.15) is 0 Å². The number of para-hydroxylation sites is 1. The molecule has 100 valence electrons. The van der Waals surface area contributed by atoms with E-state index in [2.05, 4.69) is 13.8 Å². The van der Waals surface area contributed by atoms with Crippen molar-refractivity contribution in [1.82, 2.24) is 0 Å². The van der Waals surface area contributed by atoms with Crippen molar-refractivity contribution < 1.29 is 4.79 Å². The Hall–Kier alpha value is -1.35. The molecular formula is C15H24N2O. The molecule has 0 aliphatic rings. The Morgan fingerprint density at radius 3 is 2.33 bits per heavy atom. The highest BCUT2D eigenvalue weighted by Crippen LogP contribution is 2.19. The molecule has 0 saturated carbocycles. The zero-order chi connectivity index (χ0) is 13.5. The zero-order valence-corrected chi connectivity index (χ0v) is 11.6. The third-order valence-corrected chi connectivity index (χ3v) is 3.04. The molecule has 0 spiro atoms. The Bertz CT molecular complexity index is 362. The Morgan fingerprint density at radius 2 is 1.89 bits per heavy atom. The lowest BCUT2D eigenvalue weighted by atomic mass is 9.95. The van der Waals surface area contributed by atoms with Crippen molar-refractivity contribution in [2.75, 3.05) is 18.0 Å². The highest BCUT2D eigenvalue weighted by atomic mass is 16.2. The summed E-state index contributed by atoms with van der Waals surface area (Å²) in [5.74, 6) is 0.544. The molecule has 0 radical (unpaired) electrons. The number of rotatable bonds is 6. The zero-order valence-electron chi connectivity index (χ0n) is 11.6. The second-order valence-electron chi connectivity index (χ2n) is 4.98. The van der Waals surface area contributed by atoms with Gasteiger partial charge < -0.3 is 10.6 Å². The second-order valence-corrected chi connectivity index (χ2v) is 4.98. The van der Waals surface area contributed by atoms with Crippen LogP contribution in [0, 0.1) is 11.8 Å². The number of hydrogen-bond donors (Lipinski definition) is 1. The Balaban J connectivity index is 2.84. The number of carbonyl (C=O) groups is 1. The molecule has 0 heterocycles. The maximum atomic E-state index is 12.5. The molecule has 1 unspecified atom stereocenters. The number of nitrogens with zero attached hydrogens (tertiary/aromatic N) is 1. The molecule has 0 aliphatic heterocycles. The first-order chi connectivity index (χ1) is 8.60. The molecule has 3 heteroatoms. The highest BCUT2D eigenvalue weighted by Gasteiger charge is 2.23. The fraction of sp³-hybridized carbons (Fsp3) is 0.533. The first-order valence-electron chi connectivity index (χ1n) is 6.66. The molecule has 0 aliphatic carbocycles. The Kier molecular flexibility index (Phi) is 5.86. The summed E-state index contributed by atoms with van der Waals surface area (Å²) in [5, 5.41) is 0. The van der Waals surface area contributed by atoms with E-state index >= 15 is 0 Å². The maximum Gasteiger partial charge on any atom is 0.231 e. The summed E-state index contributed by atoms with van der Waals surface area (Å²) in [6, 6.07) is 9.78. The van der Waals surface area contributed by atoms with Crippen molar-refractivity contribution in [3.8, 4) is 0 Å². The van der Waals surface area contributed by atoms with Gasteiger partial charge in [0.15, 0.2) is 0 Å². The molecule has 2 N–H and O–H groups in total. The predicted octanol–water partition coefficient (Wildman–Crippen LogP) is 2.66. The Morgan fingerprint density at radius 1 is 1.28 bits per heavy atom. The average Bonchev–Trinajstić information content (AvgIpc) is 2.37. The fourth-order valence-electron chi connectivity index (χ4n) is 2.16. The molecule has 0 saturated heterocycles. The van der Waals surface area contributed by atoms with E-state index in [9.17, 15) is 4.79 Å². The lowest BCUT2D eigenvalue weighted by Gasteiger charge is -2.26. The van der Waals surface area contributed by atoms with E-state index in [1.165, 1.54) is 0 Å². The third kappa shape index (κ3) is 3.84. The van der Waals surface area contributed by atoms with Crippen LogP contribution >= 0.6 is 0 Å². The minimum absolute atomic E-state index is 0.0786. The van der Waals surface area contributed by atoms with Crippen LogP contribution in [0.3, 0.4) is 0 Å². The normalized spacial score (nSPS) is 12.5. The monoisotopic (exact) mass is 248 g/mol. The van der Waals surface area contributed by atoms with Crippen LogP contribution in [0.4, 0.5) is 5.69 Å². The lowest BCUT2D eigenvalue weighted by molar-refractivity contribution is -0.122. The molecule has 18 heavy (non-hydrogen) atoms. The quantitative estimate of drug-likeness (QED) is 0.841. The first-order valence-corrected chi connectivity index (χ1v) is 6.66. The minimum Gasteiger partial charge on any atom is -0.330 e. The van der Waals surface area contributed by atoms with E-state index in [-0.39, 0.29) is 11.8 Å². The van der Waals surface area contributed by atoms with E-state index in [1.807, 2.05) is 42.2 Å². The second kappa shape index (κ2) is 7.17. The van der Waals surface area contributed by atoms with E-state index in [1.54, 1.807) is 0 Å². The summed E-state index contributed by atoms with van der Waals surface area (Å²) in [5.41, 5.74) is 6.70. The van der Waals surface area contributed by atoms with Crippen molar-refractivity contribution in [1.29, 1.82) is 0 Å². The number of amides is 1. The molecule has 3 nitrogen and oxygen atoms in total. The summed E-state index contributed by atoms with van der Waals surface area (Å²) in [4.78, 5) is 14.3. The van der Waals surface area contributed by atoms with Gasteiger partial charge in [0.1, 0.15) is 0 Å². The van der Waals surface area contributed by atoms with E-state index in [4.69, 9.17) is 5.73 Å². The largest absolute Gasteiger partial charge is 0.330 e. The number of anilines is 1. The Labute approximate surface area is 110 Å². The molecule has 0 aromatic heterocycles. The summed E-state index contributed by atoms with van der Waals surface area (Å²) in [6.45, 7) is 7.33. The molecule has 0 fully saturated rings. The van der Waals surface area contributed by atoms with Crippen LogP contribution in [0.5, 0.6) is 0 Å². The lowest BCUT2D eigenvalue weighted by Crippen LogP contribution is -2.39. The van der Waals surface area contributed by atoms with Gasteiger partial charge in [-0.1, -0.05) is 32.0 Å². The van der Waals surface area contributed by atoms with Crippen molar-refractivity contribution in [2.45, 2.75) is 27.2 Å². The van der Waals surface area contributed by atoms with Crippen LogP contribution in [0.1, 0.15) is 27.2 Å². The van der Waals surface area contributed by atoms with Crippen molar-refractivity contribution in [3.63, 3.8) is 0 Å².